The third-order valence-corrected chi connectivity index (χ3v) is 6.00. The van der Waals surface area contributed by atoms with Crippen LogP contribution in [0, 0.1) is 5.92 Å². The van der Waals surface area contributed by atoms with Crippen molar-refractivity contribution in [2.75, 3.05) is 12.3 Å². The molecule has 1 saturated heterocycles. The quantitative estimate of drug-likeness (QED) is 0.874. The molecule has 1 heterocycles. The molecule has 0 radical (unpaired) electrons. The largest absolute Gasteiger partial charge is 0.356 e. The van der Waals surface area contributed by atoms with Crippen LogP contribution < -0.4 is 5.32 Å². The molecular formula is C16H21NO3S. The molecule has 1 saturated carbocycles. The van der Waals surface area contributed by atoms with Gasteiger partial charge >= 0.3 is 0 Å². The standard InChI is InChI=1S/C16H21NO3S/c18-16-13(7-9-17-16)8-10-21(19,20)11-14-3-1-2-4-15(14)12-5-6-12/h1-4,12-13H,5-11H2,(H,17,18). The number of hydrogen-bond donors (Lipinski definition) is 1. The van der Waals surface area contributed by atoms with Gasteiger partial charge in [-0.1, -0.05) is 24.3 Å². The molecule has 1 aliphatic heterocycles. The minimum atomic E-state index is -3.15. The lowest BCUT2D eigenvalue weighted by Crippen LogP contribution is -2.21. The van der Waals surface area contributed by atoms with E-state index >= 15 is 0 Å². The molecule has 1 N–H and O–H groups in total. The molecule has 0 spiro atoms. The summed E-state index contributed by atoms with van der Waals surface area (Å²) in [6.07, 6.45) is 3.53. The number of benzene rings is 1. The summed E-state index contributed by atoms with van der Waals surface area (Å²) in [4.78, 5) is 11.5. The predicted octanol–water partition coefficient (Wildman–Crippen LogP) is 2.00. The highest BCUT2D eigenvalue weighted by Crippen LogP contribution is 2.42. The Bertz CT molecular complexity index is 635. The van der Waals surface area contributed by atoms with Crippen molar-refractivity contribution in [3.63, 3.8) is 0 Å². The van der Waals surface area contributed by atoms with E-state index in [0.29, 0.717) is 18.9 Å². The summed E-state index contributed by atoms with van der Waals surface area (Å²) >= 11 is 0. The van der Waals surface area contributed by atoms with Crippen LogP contribution in [0.2, 0.25) is 0 Å². The van der Waals surface area contributed by atoms with E-state index in [2.05, 4.69) is 5.32 Å². The highest BCUT2D eigenvalue weighted by Gasteiger charge is 2.29. The Morgan fingerprint density at radius 3 is 2.57 bits per heavy atom. The number of nitrogens with one attached hydrogen (secondary N) is 1. The van der Waals surface area contributed by atoms with Crippen molar-refractivity contribution in [1.82, 2.24) is 5.32 Å². The Morgan fingerprint density at radius 2 is 1.90 bits per heavy atom. The van der Waals surface area contributed by atoms with Crippen molar-refractivity contribution < 1.29 is 13.2 Å². The molecule has 2 fully saturated rings. The first kappa shape index (κ1) is 14.6. The van der Waals surface area contributed by atoms with Crippen LogP contribution in [0.25, 0.3) is 0 Å². The van der Waals surface area contributed by atoms with E-state index in [0.717, 1.165) is 12.0 Å². The number of hydrogen-bond acceptors (Lipinski definition) is 3. The smallest absolute Gasteiger partial charge is 0.223 e. The van der Waals surface area contributed by atoms with Crippen LogP contribution in [-0.4, -0.2) is 26.6 Å². The molecule has 1 amide bonds. The van der Waals surface area contributed by atoms with Gasteiger partial charge in [0.15, 0.2) is 9.84 Å². The van der Waals surface area contributed by atoms with Crippen LogP contribution in [-0.2, 0) is 20.4 Å². The number of carbonyl (C=O) groups excluding carboxylic acids is 1. The van der Waals surface area contributed by atoms with E-state index in [1.807, 2.05) is 24.3 Å². The van der Waals surface area contributed by atoms with Gasteiger partial charge in [0.2, 0.25) is 5.91 Å². The number of sulfone groups is 1. The molecule has 5 heteroatoms. The highest BCUT2D eigenvalue weighted by molar-refractivity contribution is 7.90. The Morgan fingerprint density at radius 1 is 1.14 bits per heavy atom. The molecule has 0 bridgehead atoms. The van der Waals surface area contributed by atoms with Gasteiger partial charge in [-0.15, -0.1) is 0 Å². The Labute approximate surface area is 125 Å². The van der Waals surface area contributed by atoms with Gasteiger partial charge in [0.25, 0.3) is 0 Å². The average Bonchev–Trinajstić information content (AvgIpc) is 3.20. The van der Waals surface area contributed by atoms with E-state index < -0.39 is 9.84 Å². The maximum atomic E-state index is 12.3. The highest BCUT2D eigenvalue weighted by atomic mass is 32.2. The summed E-state index contributed by atoms with van der Waals surface area (Å²) in [6.45, 7) is 0.675. The zero-order chi connectivity index (χ0) is 14.9. The normalized spacial score (nSPS) is 22.3. The molecule has 3 rings (SSSR count). The van der Waals surface area contributed by atoms with Crippen molar-refractivity contribution >= 4 is 15.7 Å². The van der Waals surface area contributed by atoms with Gasteiger partial charge in [0.05, 0.1) is 11.5 Å². The molecule has 0 aromatic heterocycles. The molecule has 1 aliphatic carbocycles. The third kappa shape index (κ3) is 3.64. The minimum Gasteiger partial charge on any atom is -0.356 e. The predicted molar refractivity (Wildman–Crippen MR) is 81.6 cm³/mol. The van der Waals surface area contributed by atoms with Crippen molar-refractivity contribution in [2.24, 2.45) is 5.92 Å². The van der Waals surface area contributed by atoms with E-state index in [-0.39, 0.29) is 23.3 Å². The summed E-state index contributed by atoms with van der Waals surface area (Å²) in [5.74, 6) is 0.636. The molecule has 1 unspecified atom stereocenters. The molecular weight excluding hydrogens is 286 g/mol. The van der Waals surface area contributed by atoms with Crippen LogP contribution in [0.3, 0.4) is 0 Å². The van der Waals surface area contributed by atoms with Crippen molar-refractivity contribution in [2.45, 2.75) is 37.4 Å². The van der Waals surface area contributed by atoms with Gasteiger partial charge in [-0.2, -0.15) is 0 Å². The van der Waals surface area contributed by atoms with Gasteiger partial charge in [-0.25, -0.2) is 8.42 Å². The minimum absolute atomic E-state index is 0.00332. The van der Waals surface area contributed by atoms with Gasteiger partial charge < -0.3 is 5.32 Å². The summed E-state index contributed by atoms with van der Waals surface area (Å²) in [7, 11) is -3.15. The summed E-state index contributed by atoms with van der Waals surface area (Å²) in [6, 6.07) is 7.86. The summed E-state index contributed by atoms with van der Waals surface area (Å²) in [5, 5.41) is 2.75. The Hall–Kier alpha value is -1.36. The first-order valence-electron chi connectivity index (χ1n) is 7.61. The van der Waals surface area contributed by atoms with Crippen LogP contribution in [0.5, 0.6) is 0 Å². The second-order valence-corrected chi connectivity index (χ2v) is 8.31. The van der Waals surface area contributed by atoms with E-state index in [1.54, 1.807) is 0 Å². The number of carbonyl (C=O) groups is 1. The van der Waals surface area contributed by atoms with Gasteiger partial charge in [-0.3, -0.25) is 4.79 Å². The van der Waals surface area contributed by atoms with E-state index in [9.17, 15) is 13.2 Å². The molecule has 114 valence electrons. The van der Waals surface area contributed by atoms with Crippen LogP contribution in [0.1, 0.15) is 42.7 Å². The zero-order valence-corrected chi connectivity index (χ0v) is 12.9. The lowest BCUT2D eigenvalue weighted by Gasteiger charge is -2.11. The van der Waals surface area contributed by atoms with Crippen LogP contribution in [0.4, 0.5) is 0 Å². The van der Waals surface area contributed by atoms with E-state index in [1.165, 1.54) is 18.4 Å². The molecule has 1 atom stereocenters. The second-order valence-electron chi connectivity index (χ2n) is 6.13. The number of rotatable bonds is 6. The lowest BCUT2D eigenvalue weighted by atomic mass is 10.1. The third-order valence-electron chi connectivity index (χ3n) is 4.39. The molecule has 1 aromatic carbocycles. The molecule has 1 aromatic rings. The lowest BCUT2D eigenvalue weighted by molar-refractivity contribution is -0.122. The van der Waals surface area contributed by atoms with Gasteiger partial charge in [0.1, 0.15) is 0 Å². The fraction of sp³-hybridized carbons (Fsp3) is 0.562. The van der Waals surface area contributed by atoms with Crippen LogP contribution >= 0.6 is 0 Å². The fourth-order valence-corrected chi connectivity index (χ4v) is 4.53. The van der Waals surface area contributed by atoms with Crippen LogP contribution in [0.15, 0.2) is 24.3 Å². The zero-order valence-electron chi connectivity index (χ0n) is 12.0. The van der Waals surface area contributed by atoms with Crippen molar-refractivity contribution in [3.05, 3.63) is 35.4 Å². The maximum Gasteiger partial charge on any atom is 0.223 e. The second kappa shape index (κ2) is 5.79. The molecule has 2 aliphatic rings. The molecule has 4 nitrogen and oxygen atoms in total. The first-order chi connectivity index (χ1) is 10.1. The summed E-state index contributed by atoms with van der Waals surface area (Å²) < 4.78 is 24.7. The Balaban J connectivity index is 1.64. The van der Waals surface area contributed by atoms with Crippen molar-refractivity contribution in [3.8, 4) is 0 Å². The topological polar surface area (TPSA) is 63.2 Å². The van der Waals surface area contributed by atoms with Gasteiger partial charge in [-0.05, 0) is 42.7 Å². The fourth-order valence-electron chi connectivity index (χ4n) is 3.01. The SMILES string of the molecule is O=C1NCCC1CCS(=O)(=O)Cc1ccccc1C1CC1. The van der Waals surface area contributed by atoms with Crippen molar-refractivity contribution in [1.29, 1.82) is 0 Å². The maximum absolute atomic E-state index is 12.3. The van der Waals surface area contributed by atoms with E-state index in [4.69, 9.17) is 0 Å². The Kier molecular flexibility index (Phi) is 4.02. The monoisotopic (exact) mass is 307 g/mol. The first-order valence-corrected chi connectivity index (χ1v) is 9.43. The number of amides is 1. The summed E-state index contributed by atoms with van der Waals surface area (Å²) in [5.41, 5.74) is 2.13. The van der Waals surface area contributed by atoms with Gasteiger partial charge in [0, 0.05) is 12.5 Å². The average molecular weight is 307 g/mol. The molecule has 21 heavy (non-hydrogen) atoms.